The monoisotopic (exact) mass is 516 g/mol. The van der Waals surface area contributed by atoms with Gasteiger partial charge in [-0.3, -0.25) is 0 Å². The van der Waals surface area contributed by atoms with Crippen molar-refractivity contribution in [1.82, 2.24) is 20.0 Å². The summed E-state index contributed by atoms with van der Waals surface area (Å²) in [6, 6.07) is 12.1. The zero-order valence-corrected chi connectivity index (χ0v) is 20.1. The number of aryl methyl sites for hydroxylation is 1. The van der Waals surface area contributed by atoms with Crippen LogP contribution in [-0.2, 0) is 6.18 Å². The van der Waals surface area contributed by atoms with Gasteiger partial charge in [-0.15, -0.1) is 10.2 Å². The van der Waals surface area contributed by atoms with E-state index < -0.39 is 22.8 Å². The van der Waals surface area contributed by atoms with Crippen LogP contribution in [0.1, 0.15) is 22.5 Å². The van der Waals surface area contributed by atoms with Crippen molar-refractivity contribution in [3.63, 3.8) is 0 Å². The van der Waals surface area contributed by atoms with E-state index in [4.69, 9.17) is 16.3 Å². The van der Waals surface area contributed by atoms with Crippen molar-refractivity contribution in [1.29, 1.82) is 0 Å². The number of hydrogen-bond donors (Lipinski definition) is 2. The third-order valence-electron chi connectivity index (χ3n) is 5.36. The average Bonchev–Trinajstić information content (AvgIpc) is 3.08. The van der Waals surface area contributed by atoms with E-state index in [2.05, 4.69) is 25.9 Å². The summed E-state index contributed by atoms with van der Waals surface area (Å²) in [5, 5.41) is 17.1. The van der Waals surface area contributed by atoms with Gasteiger partial charge in [-0.2, -0.15) is 18.3 Å². The first-order valence-corrected chi connectivity index (χ1v) is 11.0. The molecule has 0 unspecified atom stereocenters. The maximum atomic E-state index is 13.0. The number of urea groups is 1. The Morgan fingerprint density at radius 2 is 1.61 bits per heavy atom. The first-order valence-electron chi connectivity index (χ1n) is 10.6. The van der Waals surface area contributed by atoms with Crippen LogP contribution in [0.25, 0.3) is 5.82 Å². The number of ether oxygens (including phenoxy) is 1. The molecule has 12 heteroatoms. The Kier molecular flexibility index (Phi) is 6.84. The number of carbonyl (C=O) groups is 1. The Morgan fingerprint density at radius 1 is 0.944 bits per heavy atom. The number of hydrogen-bond acceptors (Lipinski definition) is 5. The molecule has 2 amide bonds. The maximum Gasteiger partial charge on any atom is 0.417 e. The molecular formula is C24H20ClF3N6O2. The van der Waals surface area contributed by atoms with E-state index in [1.807, 2.05) is 20.8 Å². The Labute approximate surface area is 209 Å². The molecule has 0 radical (unpaired) electrons. The second-order valence-corrected chi connectivity index (χ2v) is 8.24. The number of amides is 2. The quantitative estimate of drug-likeness (QED) is 0.308. The lowest BCUT2D eigenvalue weighted by molar-refractivity contribution is -0.137. The molecule has 2 heterocycles. The van der Waals surface area contributed by atoms with Crippen molar-refractivity contribution in [3.05, 3.63) is 82.1 Å². The molecule has 2 N–H and O–H groups in total. The van der Waals surface area contributed by atoms with Gasteiger partial charge in [-0.1, -0.05) is 11.6 Å². The number of benzene rings is 2. The van der Waals surface area contributed by atoms with Crippen LogP contribution in [0.2, 0.25) is 5.02 Å². The average molecular weight is 517 g/mol. The van der Waals surface area contributed by atoms with Crippen LogP contribution in [-0.4, -0.2) is 26.0 Å². The minimum Gasteiger partial charge on any atom is -0.438 e. The van der Waals surface area contributed by atoms with E-state index in [1.165, 1.54) is 6.07 Å². The zero-order valence-electron chi connectivity index (χ0n) is 19.3. The Balaban J connectivity index is 1.37. The second-order valence-electron chi connectivity index (χ2n) is 7.84. The SMILES string of the molecule is Cc1nn(-c2ccc(Oc3ccc(NC(=O)Nc4ccc(Cl)c(C(F)(F)F)c4)cc3)nn2)c(C)c1C. The number of carbonyl (C=O) groups excluding carboxylic acids is 1. The van der Waals surface area contributed by atoms with Gasteiger partial charge in [0.25, 0.3) is 0 Å². The van der Waals surface area contributed by atoms with E-state index in [-0.39, 0.29) is 11.6 Å². The van der Waals surface area contributed by atoms with Gasteiger partial charge in [0.05, 0.1) is 16.3 Å². The predicted octanol–water partition coefficient (Wildman–Crippen LogP) is 6.70. The molecule has 0 saturated heterocycles. The van der Waals surface area contributed by atoms with E-state index in [9.17, 15) is 18.0 Å². The highest BCUT2D eigenvalue weighted by Gasteiger charge is 2.33. The molecule has 4 rings (SSSR count). The molecule has 0 atom stereocenters. The number of aromatic nitrogens is 4. The maximum absolute atomic E-state index is 13.0. The summed E-state index contributed by atoms with van der Waals surface area (Å²) in [5.74, 6) is 1.26. The topological polar surface area (TPSA) is 94.0 Å². The van der Waals surface area contributed by atoms with Gasteiger partial charge in [-0.05, 0) is 74.9 Å². The lowest BCUT2D eigenvalue weighted by atomic mass is 10.2. The van der Waals surface area contributed by atoms with Crippen molar-refractivity contribution in [2.45, 2.75) is 26.9 Å². The number of nitrogens with zero attached hydrogens (tertiary/aromatic N) is 4. The van der Waals surface area contributed by atoms with Gasteiger partial charge in [0.15, 0.2) is 5.82 Å². The zero-order chi connectivity index (χ0) is 26.0. The minimum absolute atomic E-state index is 0.0539. The first-order chi connectivity index (χ1) is 17.0. The molecule has 0 aliphatic heterocycles. The standard InChI is InChI=1S/C24H20ClF3N6O2/c1-13-14(2)33-34(15(13)3)21-10-11-22(32-31-21)36-18-7-4-16(5-8-18)29-23(35)30-17-6-9-20(25)19(12-17)24(26,27)28/h4-12H,1-3H3,(H2,29,30,35). The number of alkyl halides is 3. The van der Waals surface area contributed by atoms with Gasteiger partial charge >= 0.3 is 12.2 Å². The van der Waals surface area contributed by atoms with Gasteiger partial charge < -0.3 is 15.4 Å². The van der Waals surface area contributed by atoms with Gasteiger partial charge in [0, 0.05) is 23.1 Å². The lowest BCUT2D eigenvalue weighted by Gasteiger charge is -2.12. The normalized spacial score (nSPS) is 11.3. The highest BCUT2D eigenvalue weighted by atomic mass is 35.5. The summed E-state index contributed by atoms with van der Waals surface area (Å²) in [4.78, 5) is 12.2. The van der Waals surface area contributed by atoms with Crippen LogP contribution in [0.15, 0.2) is 54.6 Å². The first kappa shape index (κ1) is 25.0. The molecule has 0 aliphatic rings. The Bertz CT molecular complexity index is 1400. The molecular weight excluding hydrogens is 497 g/mol. The minimum atomic E-state index is -4.64. The molecule has 4 aromatic rings. The van der Waals surface area contributed by atoms with Gasteiger partial charge in [-0.25, -0.2) is 9.48 Å². The number of halogens is 4. The van der Waals surface area contributed by atoms with Gasteiger partial charge in [0.2, 0.25) is 5.88 Å². The summed E-state index contributed by atoms with van der Waals surface area (Å²) >= 11 is 5.60. The van der Waals surface area contributed by atoms with Crippen LogP contribution < -0.4 is 15.4 Å². The van der Waals surface area contributed by atoms with Crippen LogP contribution in [0.5, 0.6) is 11.6 Å². The molecule has 0 spiro atoms. The van der Waals surface area contributed by atoms with Crippen LogP contribution in [0.4, 0.5) is 29.3 Å². The fourth-order valence-electron chi connectivity index (χ4n) is 3.26. The van der Waals surface area contributed by atoms with Crippen LogP contribution in [0.3, 0.4) is 0 Å². The molecule has 186 valence electrons. The Hall–Kier alpha value is -4.12. The molecule has 0 saturated carbocycles. The van der Waals surface area contributed by atoms with E-state index >= 15 is 0 Å². The summed E-state index contributed by atoms with van der Waals surface area (Å²) in [7, 11) is 0. The van der Waals surface area contributed by atoms with E-state index in [1.54, 1.807) is 41.1 Å². The molecule has 2 aromatic heterocycles. The molecule has 0 bridgehead atoms. The van der Waals surface area contributed by atoms with Crippen molar-refractivity contribution in [2.24, 2.45) is 0 Å². The summed E-state index contributed by atoms with van der Waals surface area (Å²) in [6.45, 7) is 5.86. The third kappa shape index (κ3) is 5.57. The predicted molar refractivity (Wildman–Crippen MR) is 129 cm³/mol. The van der Waals surface area contributed by atoms with E-state index in [0.717, 1.165) is 29.1 Å². The third-order valence-corrected chi connectivity index (χ3v) is 5.69. The fourth-order valence-corrected chi connectivity index (χ4v) is 3.49. The van der Waals surface area contributed by atoms with Crippen molar-refractivity contribution < 1.29 is 22.7 Å². The van der Waals surface area contributed by atoms with Gasteiger partial charge in [0.1, 0.15) is 5.75 Å². The van der Waals surface area contributed by atoms with Crippen molar-refractivity contribution >= 4 is 29.0 Å². The lowest BCUT2D eigenvalue weighted by Crippen LogP contribution is -2.19. The van der Waals surface area contributed by atoms with Crippen LogP contribution in [0, 0.1) is 20.8 Å². The Morgan fingerprint density at radius 3 is 2.19 bits per heavy atom. The molecule has 0 fully saturated rings. The van der Waals surface area contributed by atoms with Crippen LogP contribution >= 0.6 is 11.6 Å². The number of anilines is 2. The molecule has 0 aliphatic carbocycles. The largest absolute Gasteiger partial charge is 0.438 e. The highest BCUT2D eigenvalue weighted by Crippen LogP contribution is 2.36. The number of nitrogens with one attached hydrogen (secondary N) is 2. The fraction of sp³-hybridized carbons (Fsp3) is 0.167. The molecule has 8 nitrogen and oxygen atoms in total. The van der Waals surface area contributed by atoms with Crippen molar-refractivity contribution in [3.8, 4) is 17.4 Å². The molecule has 2 aromatic carbocycles. The summed E-state index contributed by atoms with van der Waals surface area (Å²) in [6.07, 6.45) is -4.64. The molecule has 36 heavy (non-hydrogen) atoms. The highest BCUT2D eigenvalue weighted by molar-refractivity contribution is 6.31. The summed E-state index contributed by atoms with van der Waals surface area (Å²) in [5.41, 5.74) is 2.27. The number of rotatable bonds is 5. The smallest absolute Gasteiger partial charge is 0.417 e. The van der Waals surface area contributed by atoms with E-state index in [0.29, 0.717) is 17.3 Å². The van der Waals surface area contributed by atoms with Crippen molar-refractivity contribution in [2.75, 3.05) is 10.6 Å². The second kappa shape index (κ2) is 9.86. The summed E-state index contributed by atoms with van der Waals surface area (Å²) < 4.78 is 46.4.